The van der Waals surface area contributed by atoms with Crippen molar-refractivity contribution >= 4 is 6.03 Å². The summed E-state index contributed by atoms with van der Waals surface area (Å²) in [6.07, 6.45) is 5.63. The van der Waals surface area contributed by atoms with Crippen LogP contribution in [0.1, 0.15) is 57.6 Å². The first kappa shape index (κ1) is 15.9. The summed E-state index contributed by atoms with van der Waals surface area (Å²) in [5.41, 5.74) is 1.20. The third-order valence-electron chi connectivity index (χ3n) is 4.03. The van der Waals surface area contributed by atoms with E-state index in [4.69, 9.17) is 0 Å². The van der Waals surface area contributed by atoms with Crippen molar-refractivity contribution in [2.24, 2.45) is 5.92 Å². The second-order valence-electron chi connectivity index (χ2n) is 6.09. The van der Waals surface area contributed by atoms with Gasteiger partial charge in [0.05, 0.1) is 6.04 Å². The summed E-state index contributed by atoms with van der Waals surface area (Å²) in [5.74, 6) is 0.739. The van der Waals surface area contributed by atoms with Crippen molar-refractivity contribution in [3.05, 3.63) is 35.9 Å². The van der Waals surface area contributed by atoms with Crippen LogP contribution in [0.5, 0.6) is 0 Å². The predicted octanol–water partition coefficient (Wildman–Crippen LogP) is 4.36. The van der Waals surface area contributed by atoms with Gasteiger partial charge in [0.25, 0.3) is 0 Å². The fourth-order valence-electron chi connectivity index (χ4n) is 2.69. The maximum absolute atomic E-state index is 12.6. The van der Waals surface area contributed by atoms with Crippen LogP contribution in [-0.2, 0) is 0 Å². The van der Waals surface area contributed by atoms with E-state index in [0.29, 0.717) is 0 Å². The van der Waals surface area contributed by atoms with Crippen molar-refractivity contribution < 1.29 is 4.79 Å². The minimum atomic E-state index is 0.103. The van der Waals surface area contributed by atoms with Crippen LogP contribution in [0.3, 0.4) is 0 Å². The van der Waals surface area contributed by atoms with E-state index in [1.54, 1.807) is 0 Å². The number of urea groups is 1. The third-order valence-corrected chi connectivity index (χ3v) is 4.03. The standard InChI is InChI=1S/C18H28N2O/c1-3-8-17(16-9-6-5-7-10-16)19-18(21)20(13-4-2)14-15-11-12-15/h5-7,9-10,15,17H,3-4,8,11-14H2,1-2H3,(H,19,21). The van der Waals surface area contributed by atoms with E-state index in [-0.39, 0.29) is 12.1 Å². The van der Waals surface area contributed by atoms with E-state index >= 15 is 0 Å². The number of amides is 2. The van der Waals surface area contributed by atoms with Gasteiger partial charge in [0.1, 0.15) is 0 Å². The highest BCUT2D eigenvalue weighted by Crippen LogP contribution is 2.30. The molecule has 116 valence electrons. The summed E-state index contributed by atoms with van der Waals surface area (Å²) in [6, 6.07) is 10.5. The molecule has 1 saturated carbocycles. The summed E-state index contributed by atoms with van der Waals surface area (Å²) in [4.78, 5) is 14.6. The topological polar surface area (TPSA) is 32.3 Å². The van der Waals surface area contributed by atoms with Crippen LogP contribution in [-0.4, -0.2) is 24.0 Å². The molecule has 0 bridgehead atoms. The summed E-state index contributed by atoms with van der Waals surface area (Å²) < 4.78 is 0. The second kappa shape index (κ2) is 8.06. The van der Waals surface area contributed by atoms with Crippen LogP contribution in [0, 0.1) is 5.92 Å². The van der Waals surface area contributed by atoms with Gasteiger partial charge in [-0.15, -0.1) is 0 Å². The van der Waals surface area contributed by atoms with E-state index in [1.807, 2.05) is 23.1 Å². The number of rotatable bonds is 8. The van der Waals surface area contributed by atoms with Crippen molar-refractivity contribution in [1.29, 1.82) is 0 Å². The molecular weight excluding hydrogens is 260 g/mol. The molecule has 1 unspecified atom stereocenters. The van der Waals surface area contributed by atoms with E-state index in [1.165, 1.54) is 18.4 Å². The molecule has 1 aromatic rings. The molecular formula is C18H28N2O. The number of benzene rings is 1. The molecule has 2 amide bonds. The van der Waals surface area contributed by atoms with E-state index in [2.05, 4.69) is 31.3 Å². The summed E-state index contributed by atoms with van der Waals surface area (Å²) >= 11 is 0. The highest BCUT2D eigenvalue weighted by Gasteiger charge is 2.27. The zero-order valence-electron chi connectivity index (χ0n) is 13.3. The van der Waals surface area contributed by atoms with Crippen molar-refractivity contribution in [1.82, 2.24) is 10.2 Å². The second-order valence-corrected chi connectivity index (χ2v) is 6.09. The molecule has 21 heavy (non-hydrogen) atoms. The molecule has 1 atom stereocenters. The molecule has 2 rings (SSSR count). The van der Waals surface area contributed by atoms with Gasteiger partial charge < -0.3 is 10.2 Å². The van der Waals surface area contributed by atoms with Crippen LogP contribution in [0.4, 0.5) is 4.79 Å². The van der Waals surface area contributed by atoms with Crippen molar-refractivity contribution in [2.45, 2.75) is 52.0 Å². The molecule has 0 aromatic heterocycles. The van der Waals surface area contributed by atoms with Gasteiger partial charge in [-0.3, -0.25) is 0 Å². The number of carbonyl (C=O) groups excluding carboxylic acids is 1. The van der Waals surface area contributed by atoms with Gasteiger partial charge in [-0.1, -0.05) is 50.6 Å². The number of hydrogen-bond donors (Lipinski definition) is 1. The molecule has 0 spiro atoms. The Morgan fingerprint density at radius 1 is 1.24 bits per heavy atom. The Hall–Kier alpha value is -1.51. The molecule has 1 aromatic carbocycles. The molecule has 0 radical (unpaired) electrons. The SMILES string of the molecule is CCCC(NC(=O)N(CCC)CC1CC1)c1ccccc1. The lowest BCUT2D eigenvalue weighted by atomic mass is 10.0. The van der Waals surface area contributed by atoms with Crippen molar-refractivity contribution in [3.63, 3.8) is 0 Å². The zero-order valence-corrected chi connectivity index (χ0v) is 13.3. The average molecular weight is 288 g/mol. The zero-order chi connectivity index (χ0) is 15.1. The summed E-state index contributed by atoms with van der Waals surface area (Å²) in [5, 5.41) is 3.24. The Morgan fingerprint density at radius 2 is 1.95 bits per heavy atom. The fraction of sp³-hybridized carbons (Fsp3) is 0.611. The smallest absolute Gasteiger partial charge is 0.317 e. The molecule has 0 aliphatic heterocycles. The minimum absolute atomic E-state index is 0.103. The Labute approximate surface area is 128 Å². The monoisotopic (exact) mass is 288 g/mol. The van der Waals surface area contributed by atoms with Crippen molar-refractivity contribution in [3.8, 4) is 0 Å². The average Bonchev–Trinajstić information content (AvgIpc) is 3.31. The van der Waals surface area contributed by atoms with Gasteiger partial charge in [-0.25, -0.2) is 4.79 Å². The van der Waals surface area contributed by atoms with Gasteiger partial charge >= 0.3 is 6.03 Å². The quantitative estimate of drug-likeness (QED) is 0.757. The lowest BCUT2D eigenvalue weighted by Crippen LogP contribution is -2.43. The maximum atomic E-state index is 12.6. The number of nitrogens with zero attached hydrogens (tertiary/aromatic N) is 1. The van der Waals surface area contributed by atoms with E-state index < -0.39 is 0 Å². The number of hydrogen-bond acceptors (Lipinski definition) is 1. The highest BCUT2D eigenvalue weighted by atomic mass is 16.2. The molecule has 0 heterocycles. The fourth-order valence-corrected chi connectivity index (χ4v) is 2.69. The molecule has 1 fully saturated rings. The normalized spacial score (nSPS) is 15.5. The molecule has 1 aliphatic rings. The minimum Gasteiger partial charge on any atom is -0.331 e. The van der Waals surface area contributed by atoms with Gasteiger partial charge in [-0.2, -0.15) is 0 Å². The lowest BCUT2D eigenvalue weighted by Gasteiger charge is -2.26. The van der Waals surface area contributed by atoms with E-state index in [9.17, 15) is 4.79 Å². The molecule has 3 nitrogen and oxygen atoms in total. The Morgan fingerprint density at radius 3 is 2.52 bits per heavy atom. The molecule has 3 heteroatoms. The Balaban J connectivity index is 1.98. The van der Waals surface area contributed by atoms with Crippen LogP contribution in [0.2, 0.25) is 0 Å². The Kier molecular flexibility index (Phi) is 6.09. The Bertz CT molecular complexity index is 428. The van der Waals surface area contributed by atoms with Crippen LogP contribution in [0.15, 0.2) is 30.3 Å². The maximum Gasteiger partial charge on any atom is 0.317 e. The number of nitrogens with one attached hydrogen (secondary N) is 1. The highest BCUT2D eigenvalue weighted by molar-refractivity contribution is 5.74. The lowest BCUT2D eigenvalue weighted by molar-refractivity contribution is 0.190. The van der Waals surface area contributed by atoms with Crippen LogP contribution in [0.25, 0.3) is 0 Å². The first-order chi connectivity index (χ1) is 10.2. The first-order valence-corrected chi connectivity index (χ1v) is 8.35. The van der Waals surface area contributed by atoms with Crippen LogP contribution < -0.4 is 5.32 Å². The van der Waals surface area contributed by atoms with E-state index in [0.717, 1.165) is 38.3 Å². The largest absolute Gasteiger partial charge is 0.331 e. The molecule has 1 N–H and O–H groups in total. The van der Waals surface area contributed by atoms with Gasteiger partial charge in [0.2, 0.25) is 0 Å². The van der Waals surface area contributed by atoms with Crippen LogP contribution >= 0.6 is 0 Å². The first-order valence-electron chi connectivity index (χ1n) is 8.35. The van der Waals surface area contributed by atoms with Gasteiger partial charge in [0.15, 0.2) is 0 Å². The number of carbonyl (C=O) groups is 1. The summed E-state index contributed by atoms with van der Waals surface area (Å²) in [6.45, 7) is 6.08. The third kappa shape index (κ3) is 5.07. The van der Waals surface area contributed by atoms with Gasteiger partial charge in [-0.05, 0) is 37.2 Å². The summed E-state index contributed by atoms with van der Waals surface area (Å²) in [7, 11) is 0. The predicted molar refractivity (Wildman–Crippen MR) is 87.2 cm³/mol. The molecule has 0 saturated heterocycles. The molecule has 1 aliphatic carbocycles. The van der Waals surface area contributed by atoms with Crippen molar-refractivity contribution in [2.75, 3.05) is 13.1 Å². The van der Waals surface area contributed by atoms with Gasteiger partial charge in [0, 0.05) is 13.1 Å².